The maximum Gasteiger partial charge on any atom is 1.00 e. The van der Waals surface area contributed by atoms with E-state index in [-0.39, 0.29) is 51.4 Å². The second-order valence-corrected chi connectivity index (χ2v) is 4.68. The molecular formula is C9H19BF3KN2. The van der Waals surface area contributed by atoms with Crippen LogP contribution in [0.25, 0.3) is 0 Å². The van der Waals surface area contributed by atoms with Crippen LogP contribution in [0.2, 0.25) is 0 Å². The van der Waals surface area contributed by atoms with Crippen molar-refractivity contribution in [3.05, 3.63) is 0 Å². The van der Waals surface area contributed by atoms with Crippen LogP contribution in [0.15, 0.2) is 0 Å². The molecule has 1 aliphatic heterocycles. The fourth-order valence-electron chi connectivity index (χ4n) is 2.11. The van der Waals surface area contributed by atoms with Gasteiger partial charge < -0.3 is 22.7 Å². The molecule has 90 valence electrons. The Balaban J connectivity index is 0.00000225. The van der Waals surface area contributed by atoms with Crippen LogP contribution in [0.1, 0.15) is 12.8 Å². The monoisotopic (exact) mass is 262 g/mol. The molecule has 0 aromatic carbocycles. The third-order valence-electron chi connectivity index (χ3n) is 2.93. The number of nitrogens with zero attached hydrogens (tertiary/aromatic N) is 2. The molecule has 0 aliphatic carbocycles. The molecule has 0 aromatic rings. The Hall–Kier alpha value is 1.41. The summed E-state index contributed by atoms with van der Waals surface area (Å²) in [6.45, 7) is -2.07. The summed E-state index contributed by atoms with van der Waals surface area (Å²) >= 11 is 0. The predicted octanol–water partition coefficient (Wildman–Crippen LogP) is -1.35. The number of likely N-dealkylation sites (tertiary alicyclic amines) is 1. The number of rotatable bonds is 4. The summed E-state index contributed by atoms with van der Waals surface area (Å²) in [4.78, 5) is 3.64. The van der Waals surface area contributed by atoms with Gasteiger partial charge in [0.05, 0.1) is 0 Å². The van der Waals surface area contributed by atoms with Crippen molar-refractivity contribution >= 4 is 6.98 Å². The molecule has 0 atom stereocenters. The van der Waals surface area contributed by atoms with Gasteiger partial charge in [-0.2, -0.15) is 0 Å². The molecule has 0 unspecified atom stereocenters. The molecule has 0 saturated carbocycles. The van der Waals surface area contributed by atoms with Crippen molar-refractivity contribution in [2.24, 2.45) is 5.92 Å². The van der Waals surface area contributed by atoms with Crippen molar-refractivity contribution in [1.29, 1.82) is 0 Å². The van der Waals surface area contributed by atoms with Crippen LogP contribution in [0.5, 0.6) is 0 Å². The van der Waals surface area contributed by atoms with Crippen LogP contribution in [-0.2, 0) is 0 Å². The molecular weight excluding hydrogens is 243 g/mol. The van der Waals surface area contributed by atoms with Crippen LogP contribution < -0.4 is 51.4 Å². The Morgan fingerprint density at radius 2 is 1.75 bits per heavy atom. The van der Waals surface area contributed by atoms with E-state index < -0.39 is 13.4 Å². The first-order valence-corrected chi connectivity index (χ1v) is 5.45. The summed E-state index contributed by atoms with van der Waals surface area (Å²) in [5.41, 5.74) is 0. The van der Waals surface area contributed by atoms with Gasteiger partial charge in [-0.05, 0) is 58.9 Å². The molecule has 1 fully saturated rings. The minimum atomic E-state index is -4.67. The molecule has 0 N–H and O–H groups in total. The molecule has 0 radical (unpaired) electrons. The molecule has 0 bridgehead atoms. The van der Waals surface area contributed by atoms with Gasteiger partial charge in [-0.3, -0.25) is 0 Å². The van der Waals surface area contributed by atoms with Crippen LogP contribution in [0, 0.1) is 5.92 Å². The van der Waals surface area contributed by atoms with Crippen molar-refractivity contribution in [3.63, 3.8) is 0 Å². The molecule has 16 heavy (non-hydrogen) atoms. The van der Waals surface area contributed by atoms with Crippen molar-refractivity contribution < 1.29 is 64.3 Å². The third-order valence-corrected chi connectivity index (χ3v) is 2.93. The fraction of sp³-hybridized carbons (Fsp3) is 1.00. The second kappa shape index (κ2) is 7.76. The predicted molar refractivity (Wildman–Crippen MR) is 56.8 cm³/mol. The van der Waals surface area contributed by atoms with E-state index in [2.05, 4.69) is 11.9 Å². The molecule has 0 aromatic heterocycles. The second-order valence-electron chi connectivity index (χ2n) is 4.68. The Bertz CT molecular complexity index is 196. The number of hydrogen-bond donors (Lipinski definition) is 0. The van der Waals surface area contributed by atoms with Gasteiger partial charge >= 0.3 is 58.4 Å². The minimum absolute atomic E-state index is 0. The first kappa shape index (κ1) is 17.4. The smallest absolute Gasteiger partial charge is 0.448 e. The number of halogens is 3. The van der Waals surface area contributed by atoms with Crippen LogP contribution in [-0.4, -0.2) is 57.0 Å². The maximum atomic E-state index is 12.1. The van der Waals surface area contributed by atoms with Crippen molar-refractivity contribution in [3.8, 4) is 0 Å². The van der Waals surface area contributed by atoms with Crippen LogP contribution in [0.4, 0.5) is 12.9 Å². The van der Waals surface area contributed by atoms with Gasteiger partial charge in [0.2, 0.25) is 0 Å². The van der Waals surface area contributed by atoms with Crippen LogP contribution in [0.3, 0.4) is 0 Å². The SMILES string of the molecule is CN1CCC(CN(C)C[B-](F)(F)F)CC1.[K+]. The average molecular weight is 262 g/mol. The summed E-state index contributed by atoms with van der Waals surface area (Å²) in [5, 5.41) is 0. The van der Waals surface area contributed by atoms with E-state index in [1.54, 1.807) is 7.05 Å². The number of piperidine rings is 1. The van der Waals surface area contributed by atoms with Crippen molar-refractivity contribution in [2.75, 3.05) is 40.2 Å². The zero-order valence-electron chi connectivity index (χ0n) is 10.4. The van der Waals surface area contributed by atoms with Gasteiger partial charge in [-0.15, -0.1) is 0 Å². The van der Waals surface area contributed by atoms with E-state index in [1.807, 2.05) is 0 Å². The Kier molecular flexibility index (Phi) is 8.44. The van der Waals surface area contributed by atoms with Gasteiger partial charge in [-0.1, -0.05) is 0 Å². The summed E-state index contributed by atoms with van der Waals surface area (Å²) < 4.78 is 36.4. The van der Waals surface area contributed by atoms with Gasteiger partial charge in [0.25, 0.3) is 0 Å². The Labute approximate surface area is 138 Å². The molecule has 0 spiro atoms. The van der Waals surface area contributed by atoms with Crippen molar-refractivity contribution in [2.45, 2.75) is 12.8 Å². The minimum Gasteiger partial charge on any atom is -0.448 e. The molecule has 1 aliphatic rings. The standard InChI is InChI=1S/C9H19BF3N2.K/c1-14-5-3-9(4-6-14)7-15(2)8-10(11,12)13;/h9H,3-8H2,1-2H3;/q-1;+1. The maximum absolute atomic E-state index is 12.1. The van der Waals surface area contributed by atoms with Gasteiger partial charge in [0, 0.05) is 0 Å². The quantitative estimate of drug-likeness (QED) is 0.578. The summed E-state index contributed by atoms with van der Waals surface area (Å²) in [5.74, 6) is 0.435. The Morgan fingerprint density at radius 3 is 2.19 bits per heavy atom. The molecule has 1 rings (SSSR count). The van der Waals surface area contributed by atoms with Gasteiger partial charge in [0.1, 0.15) is 0 Å². The van der Waals surface area contributed by atoms with E-state index in [1.165, 1.54) is 4.90 Å². The summed E-state index contributed by atoms with van der Waals surface area (Å²) in [6, 6.07) is 0. The Morgan fingerprint density at radius 1 is 1.25 bits per heavy atom. The normalized spacial score (nSPS) is 19.9. The van der Waals surface area contributed by atoms with E-state index >= 15 is 0 Å². The molecule has 7 heteroatoms. The number of hydrogen-bond acceptors (Lipinski definition) is 2. The molecule has 1 saturated heterocycles. The zero-order valence-corrected chi connectivity index (χ0v) is 13.5. The van der Waals surface area contributed by atoms with Gasteiger partial charge in [-0.25, -0.2) is 0 Å². The van der Waals surface area contributed by atoms with E-state index in [4.69, 9.17) is 0 Å². The van der Waals surface area contributed by atoms with E-state index in [9.17, 15) is 12.9 Å². The summed E-state index contributed by atoms with van der Waals surface area (Å²) in [7, 11) is 3.62. The molecule has 2 nitrogen and oxygen atoms in total. The van der Waals surface area contributed by atoms with E-state index in [0.717, 1.165) is 25.9 Å². The molecule has 1 heterocycles. The third kappa shape index (κ3) is 7.68. The summed E-state index contributed by atoms with van der Waals surface area (Å²) in [6.07, 6.45) is 1.31. The van der Waals surface area contributed by atoms with E-state index in [0.29, 0.717) is 12.5 Å². The largest absolute Gasteiger partial charge is 1.00 e. The van der Waals surface area contributed by atoms with Gasteiger partial charge in [0.15, 0.2) is 0 Å². The molecule has 0 amide bonds. The first-order valence-electron chi connectivity index (χ1n) is 5.45. The van der Waals surface area contributed by atoms with Crippen molar-refractivity contribution in [1.82, 2.24) is 9.80 Å². The zero-order chi connectivity index (χ0) is 11.5. The average Bonchev–Trinajstić information content (AvgIpc) is 2.05. The fourth-order valence-corrected chi connectivity index (χ4v) is 2.11. The topological polar surface area (TPSA) is 6.48 Å². The van der Waals surface area contributed by atoms with Crippen LogP contribution >= 0.6 is 0 Å². The first-order chi connectivity index (χ1) is 6.87.